The van der Waals surface area contributed by atoms with Crippen molar-refractivity contribution in [1.82, 2.24) is 19.5 Å². The van der Waals surface area contributed by atoms with Crippen molar-refractivity contribution < 1.29 is 17.9 Å². The lowest BCUT2D eigenvalue weighted by Crippen LogP contribution is -2.41. The summed E-state index contributed by atoms with van der Waals surface area (Å²) in [6.07, 6.45) is 0. The zero-order valence-corrected chi connectivity index (χ0v) is 18.8. The van der Waals surface area contributed by atoms with E-state index in [1.54, 1.807) is 42.6 Å². The number of morpholine rings is 1. The van der Waals surface area contributed by atoms with Crippen LogP contribution in [0, 0.1) is 0 Å². The third kappa shape index (κ3) is 4.87. The maximum Gasteiger partial charge on any atom is 0.317 e. The van der Waals surface area contributed by atoms with Gasteiger partial charge in [-0.25, -0.2) is 18.2 Å². The zero-order valence-electron chi connectivity index (χ0n) is 17.2. The standard InChI is InChI=1S/C21H24N4O4S2/c1-24(15-20-23-17-7-3-4-8-18(17)30-20)21(26)22-14-16-6-2-5-9-19(16)31(27,28)25-10-12-29-13-11-25/h2-9H,10-15H2,1H3,(H,22,26). The Hall–Kier alpha value is -2.53. The molecule has 2 amide bonds. The van der Waals surface area contributed by atoms with Crippen LogP contribution in [0.5, 0.6) is 0 Å². The number of nitrogens with zero attached hydrogens (tertiary/aromatic N) is 3. The molecule has 0 atom stereocenters. The van der Waals surface area contributed by atoms with Crippen molar-refractivity contribution in [3.63, 3.8) is 0 Å². The van der Waals surface area contributed by atoms with Gasteiger partial charge in [-0.2, -0.15) is 4.31 Å². The van der Waals surface area contributed by atoms with Crippen LogP contribution < -0.4 is 5.32 Å². The number of urea groups is 1. The van der Waals surface area contributed by atoms with Crippen LogP contribution in [0.3, 0.4) is 0 Å². The van der Waals surface area contributed by atoms with Crippen molar-refractivity contribution in [2.75, 3.05) is 33.4 Å². The summed E-state index contributed by atoms with van der Waals surface area (Å²) in [5.41, 5.74) is 1.47. The van der Waals surface area contributed by atoms with E-state index < -0.39 is 10.0 Å². The highest BCUT2D eigenvalue weighted by Crippen LogP contribution is 2.23. The van der Waals surface area contributed by atoms with E-state index in [0.29, 0.717) is 38.4 Å². The number of benzene rings is 2. The van der Waals surface area contributed by atoms with E-state index in [1.807, 2.05) is 24.3 Å². The average Bonchev–Trinajstić information content (AvgIpc) is 3.20. The lowest BCUT2D eigenvalue weighted by molar-refractivity contribution is 0.0730. The van der Waals surface area contributed by atoms with Gasteiger partial charge < -0.3 is 15.0 Å². The van der Waals surface area contributed by atoms with Gasteiger partial charge in [0.2, 0.25) is 10.0 Å². The zero-order chi connectivity index (χ0) is 21.8. The number of hydrogen-bond donors (Lipinski definition) is 1. The number of carbonyl (C=O) groups is 1. The van der Waals surface area contributed by atoms with Gasteiger partial charge in [0.05, 0.1) is 34.9 Å². The van der Waals surface area contributed by atoms with Crippen LogP contribution in [0.1, 0.15) is 10.6 Å². The molecule has 1 aliphatic rings. The van der Waals surface area contributed by atoms with Crippen LogP contribution in [0.4, 0.5) is 4.79 Å². The van der Waals surface area contributed by atoms with E-state index in [1.165, 1.54) is 9.21 Å². The molecule has 0 unspecified atom stereocenters. The molecule has 0 saturated carbocycles. The molecule has 31 heavy (non-hydrogen) atoms. The SMILES string of the molecule is CN(Cc1nc2ccccc2s1)C(=O)NCc1ccccc1S(=O)(=O)N1CCOCC1. The van der Waals surface area contributed by atoms with E-state index in [0.717, 1.165) is 15.2 Å². The topological polar surface area (TPSA) is 91.8 Å². The fourth-order valence-corrected chi connectivity index (χ4v) is 6.05. The summed E-state index contributed by atoms with van der Waals surface area (Å²) in [5.74, 6) is 0. The van der Waals surface area contributed by atoms with E-state index in [2.05, 4.69) is 10.3 Å². The average molecular weight is 461 g/mol. The quantitative estimate of drug-likeness (QED) is 0.611. The second kappa shape index (κ2) is 9.31. The minimum atomic E-state index is -3.64. The Bertz CT molecular complexity index is 1140. The molecule has 2 aromatic carbocycles. The number of amides is 2. The van der Waals surface area contributed by atoms with E-state index >= 15 is 0 Å². The monoisotopic (exact) mass is 460 g/mol. The van der Waals surface area contributed by atoms with Gasteiger partial charge in [0.1, 0.15) is 5.01 Å². The number of fused-ring (bicyclic) bond motifs is 1. The van der Waals surface area contributed by atoms with E-state index in [9.17, 15) is 13.2 Å². The molecule has 0 spiro atoms. The molecule has 1 fully saturated rings. The fourth-order valence-electron chi connectivity index (χ4n) is 3.40. The first-order valence-corrected chi connectivity index (χ1v) is 12.2. The third-order valence-electron chi connectivity index (χ3n) is 5.05. The summed E-state index contributed by atoms with van der Waals surface area (Å²) < 4.78 is 33.9. The maximum absolute atomic E-state index is 13.1. The van der Waals surface area contributed by atoms with Gasteiger partial charge in [0.25, 0.3) is 0 Å². The molecule has 1 saturated heterocycles. The molecule has 3 aromatic rings. The van der Waals surface area contributed by atoms with Crippen molar-refractivity contribution >= 4 is 37.6 Å². The molecule has 10 heteroatoms. The van der Waals surface area contributed by atoms with Gasteiger partial charge in [-0.1, -0.05) is 30.3 Å². The first-order chi connectivity index (χ1) is 14.9. The molecular formula is C21H24N4O4S2. The number of aromatic nitrogens is 1. The molecule has 8 nitrogen and oxygen atoms in total. The van der Waals surface area contributed by atoms with Crippen LogP contribution in [0.2, 0.25) is 0 Å². The lowest BCUT2D eigenvalue weighted by Gasteiger charge is -2.27. The minimum Gasteiger partial charge on any atom is -0.379 e. The molecule has 4 rings (SSSR count). The molecule has 164 valence electrons. The Morgan fingerprint density at radius 1 is 1.16 bits per heavy atom. The van der Waals surface area contributed by atoms with Crippen LogP contribution >= 0.6 is 11.3 Å². The number of hydrogen-bond acceptors (Lipinski definition) is 6. The highest BCUT2D eigenvalue weighted by Gasteiger charge is 2.28. The number of nitrogens with one attached hydrogen (secondary N) is 1. The lowest BCUT2D eigenvalue weighted by atomic mass is 10.2. The number of ether oxygens (including phenoxy) is 1. The van der Waals surface area contributed by atoms with Crippen LogP contribution in [0.25, 0.3) is 10.2 Å². The van der Waals surface area contributed by atoms with Gasteiger partial charge in [-0.3, -0.25) is 0 Å². The third-order valence-corrected chi connectivity index (χ3v) is 8.07. The number of carbonyl (C=O) groups excluding carboxylic acids is 1. The second-order valence-electron chi connectivity index (χ2n) is 7.21. The van der Waals surface area contributed by atoms with E-state index in [4.69, 9.17) is 4.74 Å². The Balaban J connectivity index is 1.42. The Morgan fingerprint density at radius 2 is 1.87 bits per heavy atom. The highest BCUT2D eigenvalue weighted by molar-refractivity contribution is 7.89. The van der Waals surface area contributed by atoms with Gasteiger partial charge in [0.15, 0.2) is 0 Å². The molecule has 1 aliphatic heterocycles. The smallest absolute Gasteiger partial charge is 0.317 e. The van der Waals surface area contributed by atoms with Crippen molar-refractivity contribution in [3.8, 4) is 0 Å². The van der Waals surface area contributed by atoms with Crippen molar-refractivity contribution in [2.24, 2.45) is 0 Å². The van der Waals surface area contributed by atoms with Crippen molar-refractivity contribution in [1.29, 1.82) is 0 Å². The molecular weight excluding hydrogens is 436 g/mol. The van der Waals surface area contributed by atoms with Gasteiger partial charge in [-0.15, -0.1) is 11.3 Å². The predicted octanol–water partition coefficient (Wildman–Crippen LogP) is 2.66. The Labute approximate surface area is 185 Å². The predicted molar refractivity (Wildman–Crippen MR) is 119 cm³/mol. The number of rotatable bonds is 6. The normalized spacial score (nSPS) is 15.1. The highest BCUT2D eigenvalue weighted by atomic mass is 32.2. The van der Waals surface area contributed by atoms with E-state index in [-0.39, 0.29) is 17.5 Å². The summed E-state index contributed by atoms with van der Waals surface area (Å²) in [7, 11) is -1.95. The molecule has 1 aromatic heterocycles. The fraction of sp³-hybridized carbons (Fsp3) is 0.333. The Morgan fingerprint density at radius 3 is 2.65 bits per heavy atom. The van der Waals surface area contributed by atoms with Crippen LogP contribution in [-0.2, 0) is 27.8 Å². The summed E-state index contributed by atoms with van der Waals surface area (Å²) in [5, 5.41) is 3.67. The molecule has 0 radical (unpaired) electrons. The summed E-state index contributed by atoms with van der Waals surface area (Å²) >= 11 is 1.55. The molecule has 0 bridgehead atoms. The first kappa shape index (κ1) is 21.7. The van der Waals surface area contributed by atoms with Crippen LogP contribution in [0.15, 0.2) is 53.4 Å². The van der Waals surface area contributed by atoms with Crippen molar-refractivity contribution in [3.05, 3.63) is 59.1 Å². The maximum atomic E-state index is 13.1. The van der Waals surface area contributed by atoms with Gasteiger partial charge >= 0.3 is 6.03 Å². The van der Waals surface area contributed by atoms with Gasteiger partial charge in [-0.05, 0) is 23.8 Å². The Kier molecular flexibility index (Phi) is 6.51. The van der Waals surface area contributed by atoms with Gasteiger partial charge in [0, 0.05) is 26.7 Å². The molecule has 2 heterocycles. The summed E-state index contributed by atoms with van der Waals surface area (Å²) in [6, 6.07) is 14.3. The second-order valence-corrected chi connectivity index (χ2v) is 10.2. The summed E-state index contributed by atoms with van der Waals surface area (Å²) in [4.78, 5) is 18.9. The number of thiazole rings is 1. The molecule has 1 N–H and O–H groups in total. The first-order valence-electron chi connectivity index (χ1n) is 9.94. The number of para-hydroxylation sites is 1. The van der Waals surface area contributed by atoms with Crippen molar-refractivity contribution in [2.45, 2.75) is 18.0 Å². The van der Waals surface area contributed by atoms with Crippen LogP contribution in [-0.4, -0.2) is 62.0 Å². The molecule has 0 aliphatic carbocycles. The largest absolute Gasteiger partial charge is 0.379 e. The number of sulfonamides is 1. The minimum absolute atomic E-state index is 0.114. The summed E-state index contributed by atoms with van der Waals surface area (Å²) in [6.45, 7) is 1.91.